The molecular weight excluding hydrogens is 262 g/mol. The van der Waals surface area contributed by atoms with Crippen molar-refractivity contribution in [1.82, 2.24) is 14.6 Å². The topological polar surface area (TPSA) is 65.2 Å². The number of nitrogens with zero attached hydrogens (tertiary/aromatic N) is 1. The molecule has 108 valence electrons. The molecule has 19 heavy (non-hydrogen) atoms. The molecule has 0 aliphatic carbocycles. The second-order valence-electron chi connectivity index (χ2n) is 5.56. The van der Waals surface area contributed by atoms with E-state index in [0.717, 1.165) is 19.4 Å². The second-order valence-corrected chi connectivity index (χ2v) is 7.49. The van der Waals surface area contributed by atoms with Crippen molar-refractivity contribution in [1.29, 1.82) is 0 Å². The third-order valence-corrected chi connectivity index (χ3v) is 5.19. The van der Waals surface area contributed by atoms with Gasteiger partial charge in [-0.1, -0.05) is 13.8 Å². The summed E-state index contributed by atoms with van der Waals surface area (Å²) in [5.41, 5.74) is 0. The number of rotatable bonds is 6. The van der Waals surface area contributed by atoms with Gasteiger partial charge in [-0.05, 0) is 31.4 Å². The summed E-state index contributed by atoms with van der Waals surface area (Å²) in [7, 11) is -3.38. The summed E-state index contributed by atoms with van der Waals surface area (Å²) in [5.74, 6) is 0.315. The largest absolute Gasteiger partial charge is 0.366 e. The molecule has 0 radical (unpaired) electrons. The Labute approximate surface area is 115 Å². The van der Waals surface area contributed by atoms with Crippen molar-refractivity contribution >= 4 is 10.0 Å². The van der Waals surface area contributed by atoms with Crippen LogP contribution in [0.4, 0.5) is 0 Å². The first kappa shape index (κ1) is 14.6. The fraction of sp³-hybridized carbons (Fsp3) is 0.692. The number of aromatic nitrogens is 1. The van der Waals surface area contributed by atoms with E-state index in [2.05, 4.69) is 10.3 Å². The molecule has 2 heterocycles. The maximum absolute atomic E-state index is 12.6. The van der Waals surface area contributed by atoms with Gasteiger partial charge in [-0.2, -0.15) is 4.31 Å². The summed E-state index contributed by atoms with van der Waals surface area (Å²) in [6.45, 7) is 6.20. The summed E-state index contributed by atoms with van der Waals surface area (Å²) in [4.78, 5) is 3.17. The van der Waals surface area contributed by atoms with Gasteiger partial charge in [-0.15, -0.1) is 0 Å². The summed E-state index contributed by atoms with van der Waals surface area (Å²) < 4.78 is 26.8. The van der Waals surface area contributed by atoms with Gasteiger partial charge in [-0.25, -0.2) is 8.42 Å². The van der Waals surface area contributed by atoms with Crippen LogP contribution in [-0.4, -0.2) is 43.4 Å². The highest BCUT2D eigenvalue weighted by Gasteiger charge is 2.29. The molecule has 1 aromatic rings. The number of sulfonamides is 1. The maximum atomic E-state index is 12.6. The molecule has 1 aliphatic rings. The van der Waals surface area contributed by atoms with Gasteiger partial charge < -0.3 is 10.3 Å². The highest BCUT2D eigenvalue weighted by atomic mass is 32.2. The van der Waals surface area contributed by atoms with Crippen molar-refractivity contribution in [2.24, 2.45) is 5.92 Å². The van der Waals surface area contributed by atoms with Crippen LogP contribution in [0.2, 0.25) is 0 Å². The molecule has 1 unspecified atom stereocenters. The van der Waals surface area contributed by atoms with Crippen LogP contribution in [0.1, 0.15) is 26.7 Å². The lowest BCUT2D eigenvalue weighted by atomic mass is 10.2. The maximum Gasteiger partial charge on any atom is 0.244 e. The van der Waals surface area contributed by atoms with Crippen molar-refractivity contribution in [3.63, 3.8) is 0 Å². The average Bonchev–Trinajstić information content (AvgIpc) is 3.00. The predicted octanol–water partition coefficient (Wildman–Crippen LogP) is 1.41. The van der Waals surface area contributed by atoms with Gasteiger partial charge in [-0.3, -0.25) is 0 Å². The SMILES string of the molecule is CC(C)CN(CC1CCCN1)S(=O)(=O)c1cc[nH]c1. The van der Waals surface area contributed by atoms with Crippen LogP contribution >= 0.6 is 0 Å². The van der Waals surface area contributed by atoms with E-state index in [1.807, 2.05) is 13.8 Å². The molecule has 0 bridgehead atoms. The summed E-state index contributed by atoms with van der Waals surface area (Å²) in [5, 5.41) is 3.36. The van der Waals surface area contributed by atoms with Crippen molar-refractivity contribution < 1.29 is 8.42 Å². The first-order chi connectivity index (χ1) is 9.00. The normalized spacial score (nSPS) is 20.5. The number of aromatic amines is 1. The standard InChI is InChI=1S/C13H23N3O2S/c1-11(2)9-16(10-12-4-3-6-15-12)19(17,18)13-5-7-14-8-13/h5,7-8,11-12,14-15H,3-4,6,9-10H2,1-2H3. The molecule has 2 rings (SSSR count). The monoisotopic (exact) mass is 285 g/mol. The van der Waals surface area contributed by atoms with E-state index in [0.29, 0.717) is 23.9 Å². The molecule has 1 atom stereocenters. The van der Waals surface area contributed by atoms with Crippen molar-refractivity contribution in [3.05, 3.63) is 18.5 Å². The Hall–Kier alpha value is -0.850. The fourth-order valence-corrected chi connectivity index (χ4v) is 4.08. The average molecular weight is 285 g/mol. The zero-order valence-corrected chi connectivity index (χ0v) is 12.4. The van der Waals surface area contributed by atoms with Crippen molar-refractivity contribution in [2.45, 2.75) is 37.6 Å². The van der Waals surface area contributed by atoms with Gasteiger partial charge >= 0.3 is 0 Å². The molecule has 0 amide bonds. The van der Waals surface area contributed by atoms with E-state index < -0.39 is 10.0 Å². The Balaban J connectivity index is 2.16. The lowest BCUT2D eigenvalue weighted by Gasteiger charge is -2.26. The van der Waals surface area contributed by atoms with E-state index in [1.54, 1.807) is 22.8 Å². The molecule has 2 N–H and O–H groups in total. The fourth-order valence-electron chi connectivity index (χ4n) is 2.45. The lowest BCUT2D eigenvalue weighted by Crippen LogP contribution is -2.42. The van der Waals surface area contributed by atoms with Crippen LogP contribution in [0.15, 0.2) is 23.4 Å². The Bertz CT molecular complexity index is 476. The van der Waals surface area contributed by atoms with E-state index in [-0.39, 0.29) is 6.04 Å². The molecule has 1 fully saturated rings. The summed E-state index contributed by atoms with van der Waals surface area (Å²) in [6, 6.07) is 1.90. The van der Waals surface area contributed by atoms with Gasteiger partial charge in [0.25, 0.3) is 0 Å². The number of nitrogens with one attached hydrogen (secondary N) is 2. The Morgan fingerprint density at radius 1 is 1.47 bits per heavy atom. The highest BCUT2D eigenvalue weighted by Crippen LogP contribution is 2.18. The summed E-state index contributed by atoms with van der Waals surface area (Å²) >= 11 is 0. The molecule has 0 spiro atoms. The van der Waals surface area contributed by atoms with Crippen LogP contribution in [0.5, 0.6) is 0 Å². The van der Waals surface area contributed by atoms with Crippen LogP contribution in [0.25, 0.3) is 0 Å². The molecular formula is C13H23N3O2S. The molecule has 0 saturated carbocycles. The molecule has 0 aromatic carbocycles. The predicted molar refractivity (Wildman–Crippen MR) is 75.4 cm³/mol. The van der Waals surface area contributed by atoms with Crippen LogP contribution in [0, 0.1) is 5.92 Å². The third-order valence-electron chi connectivity index (χ3n) is 3.36. The Morgan fingerprint density at radius 2 is 2.26 bits per heavy atom. The van der Waals surface area contributed by atoms with E-state index in [1.165, 1.54) is 0 Å². The second kappa shape index (κ2) is 6.07. The van der Waals surface area contributed by atoms with Crippen LogP contribution in [-0.2, 0) is 10.0 Å². The zero-order valence-electron chi connectivity index (χ0n) is 11.6. The minimum Gasteiger partial charge on any atom is -0.366 e. The molecule has 5 nitrogen and oxygen atoms in total. The first-order valence-corrected chi connectivity index (χ1v) is 8.30. The van der Waals surface area contributed by atoms with E-state index in [9.17, 15) is 8.42 Å². The van der Waals surface area contributed by atoms with Gasteiger partial charge in [0.15, 0.2) is 0 Å². The molecule has 6 heteroatoms. The minimum atomic E-state index is -3.38. The van der Waals surface area contributed by atoms with Crippen molar-refractivity contribution in [3.8, 4) is 0 Å². The smallest absolute Gasteiger partial charge is 0.244 e. The van der Waals surface area contributed by atoms with Gasteiger partial charge in [0.1, 0.15) is 0 Å². The number of hydrogen-bond acceptors (Lipinski definition) is 3. The van der Waals surface area contributed by atoms with Gasteiger partial charge in [0, 0.05) is 31.5 Å². The lowest BCUT2D eigenvalue weighted by molar-refractivity contribution is 0.336. The van der Waals surface area contributed by atoms with E-state index in [4.69, 9.17) is 0 Å². The third kappa shape index (κ3) is 3.58. The quantitative estimate of drug-likeness (QED) is 0.830. The minimum absolute atomic E-state index is 0.285. The van der Waals surface area contributed by atoms with Crippen LogP contribution < -0.4 is 5.32 Å². The highest BCUT2D eigenvalue weighted by molar-refractivity contribution is 7.89. The van der Waals surface area contributed by atoms with Gasteiger partial charge in [0.2, 0.25) is 10.0 Å². The van der Waals surface area contributed by atoms with E-state index >= 15 is 0 Å². The molecule has 1 aliphatic heterocycles. The first-order valence-electron chi connectivity index (χ1n) is 6.86. The molecule has 1 aromatic heterocycles. The van der Waals surface area contributed by atoms with Crippen molar-refractivity contribution in [2.75, 3.05) is 19.6 Å². The van der Waals surface area contributed by atoms with Gasteiger partial charge in [0.05, 0.1) is 4.90 Å². The number of H-pyrrole nitrogens is 1. The zero-order chi connectivity index (χ0) is 13.9. The Morgan fingerprint density at radius 3 is 2.79 bits per heavy atom. The number of hydrogen-bond donors (Lipinski definition) is 2. The summed E-state index contributed by atoms with van der Waals surface area (Å²) in [6.07, 6.45) is 5.38. The van der Waals surface area contributed by atoms with Crippen LogP contribution in [0.3, 0.4) is 0 Å². The Kier molecular flexibility index (Phi) is 4.65. The molecule has 1 saturated heterocycles.